The minimum absolute atomic E-state index is 0.0747. The number of carbonyl (C=O) groups excluding carboxylic acids is 2. The molecule has 1 aliphatic heterocycles. The molecule has 2 aromatic rings. The van der Waals surface area contributed by atoms with Gasteiger partial charge in [0.15, 0.2) is 0 Å². The molecule has 142 valence electrons. The number of amides is 2. The van der Waals surface area contributed by atoms with E-state index in [2.05, 4.69) is 10.3 Å². The first-order valence-electron chi connectivity index (χ1n) is 9.11. The highest BCUT2D eigenvalue weighted by Crippen LogP contribution is 2.14. The number of hydrogen-bond donors (Lipinski definition) is 1. The average molecular weight is 368 g/mol. The van der Waals surface area contributed by atoms with E-state index in [1.165, 1.54) is 0 Å². The van der Waals surface area contributed by atoms with Gasteiger partial charge in [-0.3, -0.25) is 9.78 Å². The lowest BCUT2D eigenvalue weighted by Gasteiger charge is -2.34. The fraction of sp³-hybridized carbons (Fsp3) is 0.350. The second-order valence-corrected chi connectivity index (χ2v) is 6.28. The van der Waals surface area contributed by atoms with Crippen molar-refractivity contribution in [3.63, 3.8) is 0 Å². The number of piperazine rings is 1. The first kappa shape index (κ1) is 18.7. The Labute approximate surface area is 158 Å². The summed E-state index contributed by atoms with van der Waals surface area (Å²) in [6.07, 6.45) is 2.96. The third-order valence-electron chi connectivity index (χ3n) is 4.42. The van der Waals surface area contributed by atoms with Gasteiger partial charge in [0.25, 0.3) is 5.91 Å². The summed E-state index contributed by atoms with van der Waals surface area (Å²) in [6, 6.07) is 11.9. The molecule has 7 heteroatoms. The lowest BCUT2D eigenvalue weighted by molar-refractivity contribution is 0.0570. The topological polar surface area (TPSA) is 74.8 Å². The maximum atomic E-state index is 12.8. The largest absolute Gasteiger partial charge is 0.450 e. The molecule has 1 aliphatic rings. The van der Waals surface area contributed by atoms with Crippen LogP contribution in [0.1, 0.15) is 22.8 Å². The van der Waals surface area contributed by atoms with Crippen LogP contribution in [0.25, 0.3) is 0 Å². The summed E-state index contributed by atoms with van der Waals surface area (Å²) < 4.78 is 5.01. The summed E-state index contributed by atoms with van der Waals surface area (Å²) in [5.74, 6) is -0.0747. The SMILES string of the molecule is CCOC(=O)N1CCN(C(=O)c2cncc(NCc3ccccc3)c2)CC1. The Hall–Kier alpha value is -3.09. The highest BCUT2D eigenvalue weighted by atomic mass is 16.6. The molecule has 2 amide bonds. The molecular formula is C20H24N4O3. The number of nitrogens with one attached hydrogen (secondary N) is 1. The van der Waals surface area contributed by atoms with Gasteiger partial charge >= 0.3 is 6.09 Å². The molecule has 3 rings (SSSR count). The van der Waals surface area contributed by atoms with Crippen LogP contribution >= 0.6 is 0 Å². The van der Waals surface area contributed by atoms with Gasteiger partial charge in [-0.15, -0.1) is 0 Å². The van der Waals surface area contributed by atoms with Crippen molar-refractivity contribution in [1.29, 1.82) is 0 Å². The fourth-order valence-electron chi connectivity index (χ4n) is 2.94. The number of aromatic nitrogens is 1. The Kier molecular flexibility index (Phi) is 6.25. The molecule has 0 radical (unpaired) electrons. The molecule has 27 heavy (non-hydrogen) atoms. The monoisotopic (exact) mass is 368 g/mol. The van der Waals surface area contributed by atoms with Gasteiger partial charge in [0.1, 0.15) is 0 Å². The van der Waals surface area contributed by atoms with E-state index in [0.717, 1.165) is 11.3 Å². The average Bonchev–Trinajstić information content (AvgIpc) is 2.73. The van der Waals surface area contributed by atoms with Crippen LogP contribution in [0.2, 0.25) is 0 Å². The molecule has 0 bridgehead atoms. The molecule has 1 saturated heterocycles. The predicted octanol–water partition coefficient (Wildman–Crippen LogP) is 2.61. The summed E-state index contributed by atoms with van der Waals surface area (Å²) in [5, 5.41) is 3.29. The van der Waals surface area contributed by atoms with Crippen LogP contribution in [0, 0.1) is 0 Å². The Morgan fingerprint density at radius 1 is 1.07 bits per heavy atom. The third-order valence-corrected chi connectivity index (χ3v) is 4.42. The normalized spacial score (nSPS) is 14.0. The molecule has 1 aromatic heterocycles. The van der Waals surface area contributed by atoms with Gasteiger partial charge in [-0.2, -0.15) is 0 Å². The fourth-order valence-corrected chi connectivity index (χ4v) is 2.94. The molecule has 2 heterocycles. The van der Waals surface area contributed by atoms with Crippen molar-refractivity contribution in [2.24, 2.45) is 0 Å². The molecule has 7 nitrogen and oxygen atoms in total. The van der Waals surface area contributed by atoms with Crippen molar-refractivity contribution >= 4 is 17.7 Å². The Morgan fingerprint density at radius 3 is 2.48 bits per heavy atom. The number of benzene rings is 1. The Balaban J connectivity index is 1.57. The molecule has 0 atom stereocenters. The lowest BCUT2D eigenvalue weighted by atomic mass is 10.2. The zero-order valence-electron chi connectivity index (χ0n) is 15.4. The Morgan fingerprint density at radius 2 is 1.78 bits per heavy atom. The van der Waals surface area contributed by atoms with Crippen molar-refractivity contribution in [3.8, 4) is 0 Å². The van der Waals surface area contributed by atoms with Gasteiger partial charge in [0.05, 0.1) is 17.9 Å². The van der Waals surface area contributed by atoms with Crippen molar-refractivity contribution in [2.75, 3.05) is 38.1 Å². The second kappa shape index (κ2) is 9.02. The summed E-state index contributed by atoms with van der Waals surface area (Å²) in [6.45, 7) is 4.72. The number of carbonyl (C=O) groups is 2. The number of nitrogens with zero attached hydrogens (tertiary/aromatic N) is 3. The van der Waals surface area contributed by atoms with Gasteiger partial charge in [-0.25, -0.2) is 4.79 Å². The molecule has 0 spiro atoms. The number of hydrogen-bond acceptors (Lipinski definition) is 5. The molecule has 1 fully saturated rings. The highest BCUT2D eigenvalue weighted by Gasteiger charge is 2.25. The molecule has 0 unspecified atom stereocenters. The van der Waals surface area contributed by atoms with Crippen molar-refractivity contribution < 1.29 is 14.3 Å². The first-order chi connectivity index (χ1) is 13.2. The summed E-state index contributed by atoms with van der Waals surface area (Å²) in [7, 11) is 0. The first-order valence-corrected chi connectivity index (χ1v) is 9.11. The standard InChI is InChI=1S/C20H24N4O3/c1-2-27-20(26)24-10-8-23(9-11-24)19(25)17-12-18(15-21-14-17)22-13-16-6-4-3-5-7-16/h3-7,12,14-15,22H,2,8-11,13H2,1H3. The summed E-state index contributed by atoms with van der Waals surface area (Å²) in [4.78, 5) is 32.1. The molecule has 1 N–H and O–H groups in total. The summed E-state index contributed by atoms with van der Waals surface area (Å²) >= 11 is 0. The number of pyridine rings is 1. The molecule has 1 aromatic carbocycles. The predicted molar refractivity (Wildman–Crippen MR) is 103 cm³/mol. The maximum absolute atomic E-state index is 12.8. The zero-order valence-corrected chi connectivity index (χ0v) is 15.4. The van der Waals surface area contributed by atoms with E-state index in [1.54, 1.807) is 29.1 Å². The van der Waals surface area contributed by atoms with Crippen LogP contribution < -0.4 is 5.32 Å². The third kappa shape index (κ3) is 4.97. The smallest absolute Gasteiger partial charge is 0.409 e. The minimum Gasteiger partial charge on any atom is -0.450 e. The number of anilines is 1. The molecular weight excluding hydrogens is 344 g/mol. The molecule has 0 aliphatic carbocycles. The zero-order chi connectivity index (χ0) is 19.1. The highest BCUT2D eigenvalue weighted by molar-refractivity contribution is 5.94. The van der Waals surface area contributed by atoms with E-state index in [-0.39, 0.29) is 12.0 Å². The van der Waals surface area contributed by atoms with E-state index < -0.39 is 0 Å². The van der Waals surface area contributed by atoms with Crippen LogP contribution in [0.3, 0.4) is 0 Å². The van der Waals surface area contributed by atoms with Crippen LogP contribution in [0.15, 0.2) is 48.8 Å². The van der Waals surface area contributed by atoms with Gasteiger partial charge in [-0.1, -0.05) is 30.3 Å². The summed E-state index contributed by atoms with van der Waals surface area (Å²) in [5.41, 5.74) is 2.50. The van der Waals surface area contributed by atoms with Crippen molar-refractivity contribution in [2.45, 2.75) is 13.5 Å². The number of ether oxygens (including phenoxy) is 1. The van der Waals surface area contributed by atoms with E-state index >= 15 is 0 Å². The van der Waals surface area contributed by atoms with E-state index in [4.69, 9.17) is 4.74 Å². The van der Waals surface area contributed by atoms with E-state index in [1.807, 2.05) is 36.4 Å². The Bertz CT molecular complexity index is 774. The maximum Gasteiger partial charge on any atom is 0.409 e. The van der Waals surface area contributed by atoms with Gasteiger partial charge < -0.3 is 19.9 Å². The van der Waals surface area contributed by atoms with Crippen LogP contribution in [-0.4, -0.2) is 59.6 Å². The van der Waals surface area contributed by atoms with E-state index in [0.29, 0.717) is 44.9 Å². The number of rotatable bonds is 5. The second-order valence-electron chi connectivity index (χ2n) is 6.28. The lowest BCUT2D eigenvalue weighted by Crippen LogP contribution is -2.50. The van der Waals surface area contributed by atoms with Gasteiger partial charge in [0, 0.05) is 45.1 Å². The van der Waals surface area contributed by atoms with E-state index in [9.17, 15) is 9.59 Å². The molecule has 0 saturated carbocycles. The van der Waals surface area contributed by atoms with Gasteiger partial charge in [-0.05, 0) is 18.6 Å². The van der Waals surface area contributed by atoms with Crippen molar-refractivity contribution in [3.05, 3.63) is 59.9 Å². The van der Waals surface area contributed by atoms with Crippen molar-refractivity contribution in [1.82, 2.24) is 14.8 Å². The van der Waals surface area contributed by atoms with Crippen LogP contribution in [0.5, 0.6) is 0 Å². The van der Waals surface area contributed by atoms with Gasteiger partial charge in [0.2, 0.25) is 0 Å². The quantitative estimate of drug-likeness (QED) is 0.878. The van der Waals surface area contributed by atoms with Crippen LogP contribution in [-0.2, 0) is 11.3 Å². The van der Waals surface area contributed by atoms with Crippen LogP contribution in [0.4, 0.5) is 10.5 Å². The minimum atomic E-state index is -0.321.